The summed E-state index contributed by atoms with van der Waals surface area (Å²) in [5.74, 6) is 1.17. The Morgan fingerprint density at radius 1 is 1.14 bits per heavy atom. The molecule has 0 amide bonds. The molecule has 3 nitrogen and oxygen atoms in total. The van der Waals surface area contributed by atoms with Gasteiger partial charge in [-0.2, -0.15) is 0 Å². The van der Waals surface area contributed by atoms with Crippen LogP contribution in [0.2, 0.25) is 0 Å². The number of aliphatic hydroxyl groups is 1. The van der Waals surface area contributed by atoms with E-state index < -0.39 is 5.82 Å². The molecule has 0 aromatic heterocycles. The molecular weight excluding hydrogens is 435 g/mol. The predicted octanol–water partition coefficient (Wildman–Crippen LogP) is 6.46. The molecule has 0 saturated heterocycles. The van der Waals surface area contributed by atoms with Crippen molar-refractivity contribution in [3.05, 3.63) is 63.6 Å². The minimum atomic E-state index is -0.467. The van der Waals surface area contributed by atoms with Crippen LogP contribution in [0.5, 0.6) is 11.5 Å². The molecule has 0 heterocycles. The van der Waals surface area contributed by atoms with E-state index in [0.29, 0.717) is 27.6 Å². The zero-order valence-corrected chi connectivity index (χ0v) is 17.7. The first-order chi connectivity index (χ1) is 14.0. The van der Waals surface area contributed by atoms with Crippen molar-refractivity contribution in [2.24, 2.45) is 23.7 Å². The van der Waals surface area contributed by atoms with Crippen molar-refractivity contribution in [3.8, 4) is 11.5 Å². The van der Waals surface area contributed by atoms with Crippen LogP contribution < -0.4 is 4.74 Å². The predicted molar refractivity (Wildman–Crippen MR) is 112 cm³/mol. The second-order valence-corrected chi connectivity index (χ2v) is 9.27. The van der Waals surface area contributed by atoms with E-state index in [1.165, 1.54) is 6.07 Å². The molecule has 2 bridgehead atoms. The quantitative estimate of drug-likeness (QED) is 0.574. The molecule has 1 unspecified atom stereocenters. The van der Waals surface area contributed by atoms with Crippen molar-refractivity contribution in [2.45, 2.75) is 32.6 Å². The first kappa shape index (κ1) is 18.9. The molecule has 4 atom stereocenters. The van der Waals surface area contributed by atoms with Crippen molar-refractivity contribution in [3.63, 3.8) is 0 Å². The first-order valence-electron chi connectivity index (χ1n) is 10.2. The van der Waals surface area contributed by atoms with Crippen LogP contribution in [-0.2, 0) is 11.2 Å². The van der Waals surface area contributed by atoms with Crippen LogP contribution in [-0.4, -0.2) is 10.9 Å². The van der Waals surface area contributed by atoms with Gasteiger partial charge < -0.3 is 9.84 Å². The van der Waals surface area contributed by atoms with Gasteiger partial charge >= 0.3 is 0 Å². The number of benzene rings is 2. The number of aryl methyl sites for hydroxylation is 1. The minimum absolute atomic E-state index is 0.0190. The van der Waals surface area contributed by atoms with E-state index in [1.54, 1.807) is 24.3 Å². The van der Waals surface area contributed by atoms with Crippen LogP contribution in [0.1, 0.15) is 37.3 Å². The van der Waals surface area contributed by atoms with E-state index in [2.05, 4.69) is 15.9 Å². The smallest absolute Gasteiger partial charge is 0.170 e. The van der Waals surface area contributed by atoms with Crippen LogP contribution >= 0.6 is 15.9 Å². The molecule has 2 aromatic rings. The van der Waals surface area contributed by atoms with Crippen molar-refractivity contribution in [1.29, 1.82) is 0 Å². The lowest BCUT2D eigenvalue weighted by Crippen LogP contribution is -2.24. The molecule has 5 heteroatoms. The molecule has 0 aliphatic heterocycles. The Morgan fingerprint density at radius 2 is 1.90 bits per heavy atom. The fourth-order valence-corrected chi connectivity index (χ4v) is 5.97. The van der Waals surface area contributed by atoms with E-state index in [1.807, 2.05) is 13.0 Å². The molecule has 2 aromatic carbocycles. The van der Waals surface area contributed by atoms with Crippen LogP contribution in [0, 0.1) is 29.5 Å². The summed E-state index contributed by atoms with van der Waals surface area (Å²) in [7, 11) is 0. The summed E-state index contributed by atoms with van der Waals surface area (Å²) in [4.78, 5) is 13.3. The lowest BCUT2D eigenvalue weighted by Gasteiger charge is -2.23. The topological polar surface area (TPSA) is 46.5 Å². The number of hydrogen-bond donors (Lipinski definition) is 1. The standard InChI is InChI=1S/C24H22BrFO3/c1-2-12-5-7-16(29-19-8-6-15(25)10-18(19)26)11-17(12)22-23(27)20-13-3-4-14(9-13)21(20)24(22)28/h5-8,10-11,13-14,20-21,27H,2-4,9H2,1H3/t13-,14+,20-,21?/m1/s1. The number of carbonyl (C=O) groups is 1. The van der Waals surface area contributed by atoms with E-state index >= 15 is 0 Å². The van der Waals surface area contributed by atoms with Crippen LogP contribution in [0.25, 0.3) is 5.57 Å². The molecule has 3 aliphatic rings. The molecule has 0 radical (unpaired) electrons. The maximum Gasteiger partial charge on any atom is 0.170 e. The summed E-state index contributed by atoms with van der Waals surface area (Å²) in [6.07, 6.45) is 3.98. The average Bonchev–Trinajstić information content (AvgIpc) is 3.38. The average molecular weight is 457 g/mol. The SMILES string of the molecule is CCc1ccc(Oc2ccc(Br)cc2F)cc1C1=C(O)[C@H]2C(C1=O)[C@H]1CC[C@@H]2C1. The zero-order chi connectivity index (χ0) is 20.3. The highest BCUT2D eigenvalue weighted by Gasteiger charge is 2.57. The number of rotatable bonds is 4. The monoisotopic (exact) mass is 456 g/mol. The highest BCUT2D eigenvalue weighted by molar-refractivity contribution is 9.10. The molecule has 2 fully saturated rings. The fraction of sp³-hybridized carbons (Fsp3) is 0.375. The van der Waals surface area contributed by atoms with Gasteiger partial charge in [-0.3, -0.25) is 4.79 Å². The maximum atomic E-state index is 14.2. The molecular formula is C24H22BrFO3. The van der Waals surface area contributed by atoms with Crippen LogP contribution in [0.4, 0.5) is 4.39 Å². The number of aliphatic hydroxyl groups excluding tert-OH is 1. The van der Waals surface area contributed by atoms with Gasteiger partial charge in [0.1, 0.15) is 11.5 Å². The number of carbonyl (C=O) groups excluding carboxylic acids is 1. The molecule has 3 aliphatic carbocycles. The molecule has 1 N–H and O–H groups in total. The Hall–Kier alpha value is -2.14. The van der Waals surface area contributed by atoms with Gasteiger partial charge in [0.15, 0.2) is 17.3 Å². The van der Waals surface area contributed by atoms with Crippen molar-refractivity contribution in [2.75, 3.05) is 0 Å². The van der Waals surface area contributed by atoms with Gasteiger partial charge in [0, 0.05) is 16.3 Å². The van der Waals surface area contributed by atoms with Gasteiger partial charge in [0.2, 0.25) is 0 Å². The number of halogens is 2. The Labute approximate surface area is 177 Å². The number of fused-ring (bicyclic) bond motifs is 5. The molecule has 29 heavy (non-hydrogen) atoms. The Morgan fingerprint density at radius 3 is 2.59 bits per heavy atom. The van der Waals surface area contributed by atoms with Gasteiger partial charge in [-0.25, -0.2) is 4.39 Å². The third-order valence-corrected chi connectivity index (χ3v) is 7.38. The van der Waals surface area contributed by atoms with Gasteiger partial charge in [0.05, 0.1) is 5.57 Å². The molecule has 5 rings (SSSR count). The summed E-state index contributed by atoms with van der Waals surface area (Å²) in [5, 5.41) is 11.0. The Balaban J connectivity index is 1.54. The lowest BCUT2D eigenvalue weighted by atomic mass is 9.80. The van der Waals surface area contributed by atoms with Crippen molar-refractivity contribution < 1.29 is 19.0 Å². The van der Waals surface area contributed by atoms with Crippen molar-refractivity contribution in [1.82, 2.24) is 0 Å². The lowest BCUT2D eigenvalue weighted by molar-refractivity contribution is -0.118. The van der Waals surface area contributed by atoms with Crippen LogP contribution in [0.15, 0.2) is 46.6 Å². The number of allylic oxidation sites excluding steroid dienone is 2. The summed E-state index contributed by atoms with van der Waals surface area (Å²) in [6, 6.07) is 10.1. The largest absolute Gasteiger partial charge is 0.511 e. The summed E-state index contributed by atoms with van der Waals surface area (Å²) < 4.78 is 20.6. The van der Waals surface area contributed by atoms with E-state index in [0.717, 1.165) is 36.8 Å². The highest BCUT2D eigenvalue weighted by Crippen LogP contribution is 2.60. The molecule has 0 spiro atoms. The normalized spacial score (nSPS) is 27.6. The van der Waals surface area contributed by atoms with Crippen LogP contribution in [0.3, 0.4) is 0 Å². The van der Waals surface area contributed by atoms with Gasteiger partial charge in [-0.05, 0) is 79.0 Å². The van der Waals surface area contributed by atoms with E-state index in [9.17, 15) is 14.3 Å². The number of hydrogen-bond acceptors (Lipinski definition) is 3. The van der Waals surface area contributed by atoms with Gasteiger partial charge in [-0.1, -0.05) is 28.9 Å². The second-order valence-electron chi connectivity index (χ2n) is 8.36. The zero-order valence-electron chi connectivity index (χ0n) is 16.1. The summed E-state index contributed by atoms with van der Waals surface area (Å²) in [6.45, 7) is 2.02. The van der Waals surface area contributed by atoms with E-state index in [4.69, 9.17) is 4.74 Å². The third kappa shape index (κ3) is 2.93. The summed E-state index contributed by atoms with van der Waals surface area (Å²) in [5.41, 5.74) is 2.16. The van der Waals surface area contributed by atoms with Gasteiger partial charge in [-0.15, -0.1) is 0 Å². The number of ketones is 1. The van der Waals surface area contributed by atoms with E-state index in [-0.39, 0.29) is 29.1 Å². The Bertz CT molecular complexity index is 1040. The third-order valence-electron chi connectivity index (χ3n) is 6.89. The minimum Gasteiger partial charge on any atom is -0.511 e. The van der Waals surface area contributed by atoms with Crippen molar-refractivity contribution >= 4 is 27.3 Å². The number of Topliss-reactive ketones (excluding diaryl/α,β-unsaturated/α-hetero) is 1. The first-order valence-corrected chi connectivity index (χ1v) is 11.0. The fourth-order valence-electron chi connectivity index (χ4n) is 5.64. The highest BCUT2D eigenvalue weighted by atomic mass is 79.9. The van der Waals surface area contributed by atoms with Gasteiger partial charge in [0.25, 0.3) is 0 Å². The molecule has 2 saturated carbocycles. The maximum absolute atomic E-state index is 14.2. The molecule has 150 valence electrons. The summed E-state index contributed by atoms with van der Waals surface area (Å²) >= 11 is 3.24. The Kier molecular flexibility index (Phi) is 4.54. The number of ether oxygens (including phenoxy) is 1. The second kappa shape index (κ2) is 6.98.